The smallest absolute Gasteiger partial charge is 0.213 e. The van der Waals surface area contributed by atoms with Crippen molar-refractivity contribution in [2.24, 2.45) is 0 Å². The van der Waals surface area contributed by atoms with Crippen LogP contribution >= 0.6 is 11.3 Å². The largest absolute Gasteiger partial charge is 0.260 e. The predicted molar refractivity (Wildman–Crippen MR) is 95.4 cm³/mol. The van der Waals surface area contributed by atoms with E-state index in [1.54, 1.807) is 10.7 Å². The van der Waals surface area contributed by atoms with E-state index in [-0.39, 0.29) is 0 Å². The van der Waals surface area contributed by atoms with Crippen LogP contribution < -0.4 is 0 Å². The molecule has 1 atom stereocenters. The van der Waals surface area contributed by atoms with Crippen molar-refractivity contribution >= 4 is 27.1 Å². The van der Waals surface area contributed by atoms with E-state index >= 15 is 0 Å². The van der Waals surface area contributed by atoms with Gasteiger partial charge in [-0.2, -0.15) is 0 Å². The number of imidazole rings is 1. The summed E-state index contributed by atoms with van der Waals surface area (Å²) in [6, 6.07) is 13.8. The van der Waals surface area contributed by atoms with Gasteiger partial charge in [0.15, 0.2) is 0 Å². The Hall–Kier alpha value is -2.38. The van der Waals surface area contributed by atoms with Crippen molar-refractivity contribution in [3.8, 4) is 11.3 Å². The van der Waals surface area contributed by atoms with Crippen LogP contribution in [-0.2, 0) is 16.6 Å². The van der Waals surface area contributed by atoms with Crippen LogP contribution in [0.5, 0.6) is 0 Å². The third kappa shape index (κ3) is 3.00. The minimum atomic E-state index is -1.22. The minimum absolute atomic E-state index is 0.363. The fourth-order valence-corrected chi connectivity index (χ4v) is 4.45. The number of aryl methyl sites for hydroxylation is 1. The summed E-state index contributed by atoms with van der Waals surface area (Å²) < 4.78 is 14.7. The van der Waals surface area contributed by atoms with Gasteiger partial charge in [0.1, 0.15) is 0 Å². The van der Waals surface area contributed by atoms with E-state index in [1.165, 1.54) is 16.9 Å². The van der Waals surface area contributed by atoms with E-state index in [4.69, 9.17) is 0 Å². The van der Waals surface area contributed by atoms with Gasteiger partial charge in [0, 0.05) is 11.8 Å². The lowest BCUT2D eigenvalue weighted by atomic mass is 10.1. The monoisotopic (exact) mass is 354 g/mol. The Morgan fingerprint density at radius 2 is 2.00 bits per heavy atom. The molecule has 0 fully saturated rings. The summed E-state index contributed by atoms with van der Waals surface area (Å²) >= 11 is 1.36. The second-order valence-corrected chi connectivity index (χ2v) is 7.98. The van der Waals surface area contributed by atoms with E-state index < -0.39 is 10.8 Å². The first-order valence-electron chi connectivity index (χ1n) is 7.40. The Labute approximate surface area is 145 Å². The van der Waals surface area contributed by atoms with Gasteiger partial charge >= 0.3 is 0 Å². The molecule has 0 aliphatic rings. The highest BCUT2D eigenvalue weighted by molar-refractivity contribution is 7.86. The second kappa shape index (κ2) is 6.26. The second-order valence-electron chi connectivity index (χ2n) is 5.40. The molecule has 1 aromatic carbocycles. The first kappa shape index (κ1) is 15.2. The van der Waals surface area contributed by atoms with Crippen LogP contribution in [0.3, 0.4) is 0 Å². The van der Waals surface area contributed by atoms with Gasteiger partial charge in [-0.15, -0.1) is 5.10 Å². The lowest BCUT2D eigenvalue weighted by molar-refractivity contribution is 0.679. The van der Waals surface area contributed by atoms with E-state index in [1.807, 2.05) is 36.5 Å². The summed E-state index contributed by atoms with van der Waals surface area (Å²) in [4.78, 5) is 9.54. The predicted octanol–water partition coefficient (Wildman–Crippen LogP) is 3.47. The quantitative estimate of drug-likeness (QED) is 0.563. The lowest BCUT2D eigenvalue weighted by Gasteiger charge is -1.97. The van der Waals surface area contributed by atoms with Crippen molar-refractivity contribution in [3.05, 3.63) is 66.1 Å². The molecule has 120 valence electrons. The van der Waals surface area contributed by atoms with Gasteiger partial charge < -0.3 is 0 Å². The maximum absolute atomic E-state index is 12.5. The average Bonchev–Trinajstić information content (AvgIpc) is 3.15. The molecule has 0 spiro atoms. The number of hydrogen-bond donors (Lipinski definition) is 0. The molecule has 4 aromatic rings. The summed E-state index contributed by atoms with van der Waals surface area (Å²) in [6.07, 6.45) is 3.58. The Bertz CT molecular complexity index is 975. The molecular weight excluding hydrogens is 340 g/mol. The Kier molecular flexibility index (Phi) is 3.95. The molecule has 1 unspecified atom stereocenters. The zero-order chi connectivity index (χ0) is 16.5. The number of pyridine rings is 1. The number of nitrogens with zero attached hydrogens (tertiary/aromatic N) is 4. The van der Waals surface area contributed by atoms with Crippen molar-refractivity contribution in [3.63, 3.8) is 0 Å². The van der Waals surface area contributed by atoms with Crippen molar-refractivity contribution < 1.29 is 4.21 Å². The summed E-state index contributed by atoms with van der Waals surface area (Å²) in [5.74, 6) is 0.363. The standard InChI is InChI=1S/C17H14N4OS2/c1-12-5-7-13(8-6-12)15-10-21-16(19-15)23-17(20-21)24(22)11-14-4-2-3-9-18-14/h2-10H,11H2,1H3. The zero-order valence-electron chi connectivity index (χ0n) is 12.9. The molecule has 7 heteroatoms. The van der Waals surface area contributed by atoms with Crippen molar-refractivity contribution in [1.29, 1.82) is 0 Å². The van der Waals surface area contributed by atoms with Crippen molar-refractivity contribution in [1.82, 2.24) is 19.6 Å². The molecule has 0 bridgehead atoms. The van der Waals surface area contributed by atoms with Crippen LogP contribution in [0.15, 0.2) is 59.2 Å². The molecule has 0 aliphatic heterocycles. The van der Waals surface area contributed by atoms with Gasteiger partial charge in [-0.05, 0) is 19.1 Å². The third-order valence-electron chi connectivity index (χ3n) is 3.57. The van der Waals surface area contributed by atoms with Crippen LogP contribution in [0.25, 0.3) is 16.2 Å². The molecule has 4 rings (SSSR count). The average molecular weight is 354 g/mol. The van der Waals surface area contributed by atoms with Gasteiger partial charge in [-0.3, -0.25) is 9.19 Å². The van der Waals surface area contributed by atoms with Crippen molar-refractivity contribution in [2.45, 2.75) is 17.0 Å². The van der Waals surface area contributed by atoms with E-state index in [2.05, 4.69) is 34.1 Å². The number of fused-ring (bicyclic) bond motifs is 1. The third-order valence-corrected chi connectivity index (χ3v) is 6.13. The highest BCUT2D eigenvalue weighted by atomic mass is 32.2. The highest BCUT2D eigenvalue weighted by Gasteiger charge is 2.15. The first-order valence-corrected chi connectivity index (χ1v) is 9.54. The van der Waals surface area contributed by atoms with Crippen molar-refractivity contribution in [2.75, 3.05) is 0 Å². The van der Waals surface area contributed by atoms with Crippen LogP contribution in [0.1, 0.15) is 11.3 Å². The highest BCUT2D eigenvalue weighted by Crippen LogP contribution is 2.24. The molecule has 0 radical (unpaired) electrons. The fourth-order valence-electron chi connectivity index (χ4n) is 2.32. The number of aromatic nitrogens is 4. The van der Waals surface area contributed by atoms with E-state index in [0.29, 0.717) is 10.1 Å². The molecule has 0 aliphatic carbocycles. The topological polar surface area (TPSA) is 60.2 Å². The van der Waals surface area contributed by atoms with Gasteiger partial charge in [0.2, 0.25) is 9.30 Å². The first-order chi connectivity index (χ1) is 11.7. The molecule has 3 aromatic heterocycles. The van der Waals surface area contributed by atoms with Gasteiger partial charge in [0.25, 0.3) is 0 Å². The number of benzene rings is 1. The normalized spacial score (nSPS) is 12.5. The summed E-state index contributed by atoms with van der Waals surface area (Å²) in [5, 5.41) is 4.42. The number of rotatable bonds is 4. The summed E-state index contributed by atoms with van der Waals surface area (Å²) in [5.41, 5.74) is 3.93. The molecule has 0 amide bonds. The van der Waals surface area contributed by atoms with E-state index in [9.17, 15) is 4.21 Å². The molecular formula is C17H14N4OS2. The Balaban J connectivity index is 1.59. The molecule has 0 saturated heterocycles. The maximum atomic E-state index is 12.5. The van der Waals surface area contributed by atoms with Crippen LogP contribution in [0.4, 0.5) is 0 Å². The molecule has 3 heterocycles. The van der Waals surface area contributed by atoms with Gasteiger partial charge in [-0.1, -0.05) is 47.2 Å². The Morgan fingerprint density at radius 1 is 1.17 bits per heavy atom. The fraction of sp³-hybridized carbons (Fsp3) is 0.118. The maximum Gasteiger partial charge on any atom is 0.213 e. The molecule has 24 heavy (non-hydrogen) atoms. The molecule has 0 N–H and O–H groups in total. The summed E-state index contributed by atoms with van der Waals surface area (Å²) in [7, 11) is -1.22. The van der Waals surface area contributed by atoms with Gasteiger partial charge in [-0.25, -0.2) is 9.50 Å². The Morgan fingerprint density at radius 3 is 2.71 bits per heavy atom. The SMILES string of the molecule is Cc1ccc(-c2cn3nc(S(=O)Cc4ccccn4)sc3n2)cc1. The summed E-state index contributed by atoms with van der Waals surface area (Å²) in [6.45, 7) is 2.06. The van der Waals surface area contributed by atoms with Crippen LogP contribution in [-0.4, -0.2) is 23.8 Å². The lowest BCUT2D eigenvalue weighted by Crippen LogP contribution is -1.98. The zero-order valence-corrected chi connectivity index (χ0v) is 14.5. The van der Waals surface area contributed by atoms with Crippen LogP contribution in [0.2, 0.25) is 0 Å². The van der Waals surface area contributed by atoms with Crippen LogP contribution in [0, 0.1) is 6.92 Å². The van der Waals surface area contributed by atoms with Gasteiger partial charge in [0.05, 0.1) is 34.1 Å². The minimum Gasteiger partial charge on any atom is -0.260 e. The molecule has 5 nitrogen and oxygen atoms in total. The molecule has 0 saturated carbocycles. The van der Waals surface area contributed by atoms with E-state index in [0.717, 1.165) is 21.9 Å². The number of hydrogen-bond acceptors (Lipinski definition) is 5.